The number of carbonyl (C=O) groups is 1. The number of piperidine rings is 1. The normalized spacial score (nSPS) is 17.5. The van der Waals surface area contributed by atoms with E-state index in [1.165, 1.54) is 10.5 Å². The van der Waals surface area contributed by atoms with E-state index in [-0.39, 0.29) is 0 Å². The number of nitrogens with zero attached hydrogens (tertiary/aromatic N) is 1. The lowest BCUT2D eigenvalue weighted by Gasteiger charge is -2.28. The van der Waals surface area contributed by atoms with Crippen LogP contribution in [0.2, 0.25) is 0 Å². The standard InChI is InChI=1S/C14H17NO2/c16-14(17)15-10-8-13(9-11-15)7-6-12-4-2-1-3-5-12/h1-7,13H,8-11H2,(H,16,17). The number of amides is 1. The summed E-state index contributed by atoms with van der Waals surface area (Å²) in [5.74, 6) is 0.505. The molecule has 0 unspecified atom stereocenters. The number of hydrogen-bond donors (Lipinski definition) is 1. The monoisotopic (exact) mass is 231 g/mol. The second kappa shape index (κ2) is 5.53. The third kappa shape index (κ3) is 3.34. The van der Waals surface area contributed by atoms with E-state index in [4.69, 9.17) is 5.11 Å². The van der Waals surface area contributed by atoms with Crippen LogP contribution in [0, 0.1) is 5.92 Å². The van der Waals surface area contributed by atoms with Crippen molar-refractivity contribution >= 4 is 12.2 Å². The van der Waals surface area contributed by atoms with E-state index >= 15 is 0 Å². The van der Waals surface area contributed by atoms with Crippen LogP contribution in [0.15, 0.2) is 36.4 Å². The van der Waals surface area contributed by atoms with Crippen LogP contribution in [0.25, 0.3) is 6.08 Å². The molecular weight excluding hydrogens is 214 g/mol. The van der Waals surface area contributed by atoms with Crippen LogP contribution in [0.3, 0.4) is 0 Å². The van der Waals surface area contributed by atoms with Crippen LogP contribution in [0.4, 0.5) is 4.79 Å². The summed E-state index contributed by atoms with van der Waals surface area (Å²) in [6.45, 7) is 1.30. The van der Waals surface area contributed by atoms with Crippen molar-refractivity contribution < 1.29 is 9.90 Å². The first-order valence-electron chi connectivity index (χ1n) is 5.97. The van der Waals surface area contributed by atoms with Gasteiger partial charge in [0.1, 0.15) is 0 Å². The molecule has 0 saturated carbocycles. The van der Waals surface area contributed by atoms with Gasteiger partial charge in [-0.3, -0.25) is 0 Å². The molecule has 1 aromatic rings. The summed E-state index contributed by atoms with van der Waals surface area (Å²) in [6.07, 6.45) is 5.39. The smallest absolute Gasteiger partial charge is 0.407 e. The van der Waals surface area contributed by atoms with Crippen molar-refractivity contribution in [2.24, 2.45) is 5.92 Å². The van der Waals surface area contributed by atoms with Crippen LogP contribution < -0.4 is 0 Å². The predicted molar refractivity (Wildman–Crippen MR) is 67.8 cm³/mol. The summed E-state index contributed by atoms with van der Waals surface area (Å²) in [5, 5.41) is 8.84. The number of allylic oxidation sites excluding steroid dienone is 1. The highest BCUT2D eigenvalue weighted by molar-refractivity contribution is 5.65. The van der Waals surface area contributed by atoms with Gasteiger partial charge >= 0.3 is 6.09 Å². The molecule has 1 heterocycles. The molecule has 0 aromatic heterocycles. The number of likely N-dealkylation sites (tertiary alicyclic amines) is 1. The van der Waals surface area contributed by atoms with Gasteiger partial charge in [-0.15, -0.1) is 0 Å². The van der Waals surface area contributed by atoms with E-state index in [0.29, 0.717) is 19.0 Å². The lowest BCUT2D eigenvalue weighted by molar-refractivity contribution is 0.129. The maximum atomic E-state index is 10.7. The molecule has 0 atom stereocenters. The number of benzene rings is 1. The average molecular weight is 231 g/mol. The first-order chi connectivity index (χ1) is 8.25. The molecule has 1 N–H and O–H groups in total. The van der Waals surface area contributed by atoms with Gasteiger partial charge in [0.2, 0.25) is 0 Å². The summed E-state index contributed by atoms with van der Waals surface area (Å²) in [5.41, 5.74) is 1.20. The minimum Gasteiger partial charge on any atom is -0.465 e. The van der Waals surface area contributed by atoms with Gasteiger partial charge in [0.05, 0.1) is 0 Å². The maximum Gasteiger partial charge on any atom is 0.407 e. The summed E-state index contributed by atoms with van der Waals surface area (Å²) in [7, 11) is 0. The van der Waals surface area contributed by atoms with E-state index < -0.39 is 6.09 Å². The number of rotatable bonds is 2. The van der Waals surface area contributed by atoms with Gasteiger partial charge in [0, 0.05) is 13.1 Å². The van der Waals surface area contributed by atoms with Gasteiger partial charge in [-0.05, 0) is 24.3 Å². The van der Waals surface area contributed by atoms with E-state index in [1.807, 2.05) is 18.2 Å². The Morgan fingerprint density at radius 2 is 1.88 bits per heavy atom. The highest BCUT2D eigenvalue weighted by Crippen LogP contribution is 2.19. The number of carboxylic acid groups (broad SMARTS) is 1. The fourth-order valence-electron chi connectivity index (χ4n) is 2.09. The van der Waals surface area contributed by atoms with Crippen molar-refractivity contribution in [3.8, 4) is 0 Å². The molecule has 90 valence electrons. The highest BCUT2D eigenvalue weighted by Gasteiger charge is 2.20. The molecule has 3 heteroatoms. The van der Waals surface area contributed by atoms with E-state index in [9.17, 15) is 4.79 Å². The minimum absolute atomic E-state index is 0.505. The van der Waals surface area contributed by atoms with Crippen LogP contribution in [0.5, 0.6) is 0 Å². The molecule has 1 aromatic carbocycles. The van der Waals surface area contributed by atoms with Crippen molar-refractivity contribution in [3.05, 3.63) is 42.0 Å². The Morgan fingerprint density at radius 1 is 1.24 bits per heavy atom. The Kier molecular flexibility index (Phi) is 3.81. The van der Waals surface area contributed by atoms with Gasteiger partial charge in [-0.25, -0.2) is 4.79 Å². The van der Waals surface area contributed by atoms with Crippen molar-refractivity contribution in [3.63, 3.8) is 0 Å². The molecule has 0 aliphatic carbocycles. The lowest BCUT2D eigenvalue weighted by atomic mass is 9.96. The predicted octanol–water partition coefficient (Wildman–Crippen LogP) is 3.09. The third-order valence-corrected chi connectivity index (χ3v) is 3.17. The van der Waals surface area contributed by atoms with Crippen LogP contribution in [-0.4, -0.2) is 29.2 Å². The fraction of sp³-hybridized carbons (Fsp3) is 0.357. The molecule has 0 spiro atoms. The van der Waals surface area contributed by atoms with Crippen molar-refractivity contribution in [2.45, 2.75) is 12.8 Å². The SMILES string of the molecule is O=C(O)N1CCC(C=Cc2ccccc2)CC1. The molecule has 1 aliphatic heterocycles. The molecule has 1 saturated heterocycles. The van der Waals surface area contributed by atoms with Gasteiger partial charge in [-0.1, -0.05) is 42.5 Å². The van der Waals surface area contributed by atoms with Crippen molar-refractivity contribution in [2.75, 3.05) is 13.1 Å². The zero-order valence-corrected chi connectivity index (χ0v) is 9.75. The Morgan fingerprint density at radius 3 is 2.47 bits per heavy atom. The van der Waals surface area contributed by atoms with E-state index in [2.05, 4.69) is 24.3 Å². The molecule has 3 nitrogen and oxygen atoms in total. The van der Waals surface area contributed by atoms with Gasteiger partial charge in [-0.2, -0.15) is 0 Å². The third-order valence-electron chi connectivity index (χ3n) is 3.17. The zero-order valence-electron chi connectivity index (χ0n) is 9.75. The minimum atomic E-state index is -0.796. The first kappa shape index (κ1) is 11.7. The van der Waals surface area contributed by atoms with Crippen LogP contribution in [-0.2, 0) is 0 Å². The molecular formula is C14H17NO2. The molecule has 1 amide bonds. The van der Waals surface area contributed by atoms with Crippen LogP contribution in [0.1, 0.15) is 18.4 Å². The summed E-state index contributed by atoms with van der Waals surface area (Å²) in [4.78, 5) is 12.2. The van der Waals surface area contributed by atoms with Gasteiger partial charge in [0.25, 0.3) is 0 Å². The molecule has 2 rings (SSSR count). The van der Waals surface area contributed by atoms with E-state index in [1.54, 1.807) is 0 Å². The van der Waals surface area contributed by atoms with Gasteiger partial charge < -0.3 is 10.0 Å². The number of hydrogen-bond acceptors (Lipinski definition) is 1. The highest BCUT2D eigenvalue weighted by atomic mass is 16.4. The quantitative estimate of drug-likeness (QED) is 0.849. The molecule has 0 radical (unpaired) electrons. The second-order valence-corrected chi connectivity index (χ2v) is 4.38. The Balaban J connectivity index is 1.86. The average Bonchev–Trinajstić information content (AvgIpc) is 2.38. The molecule has 1 aliphatic rings. The molecule has 0 bridgehead atoms. The Labute approximate surface area is 101 Å². The fourth-order valence-corrected chi connectivity index (χ4v) is 2.09. The maximum absolute atomic E-state index is 10.7. The first-order valence-corrected chi connectivity index (χ1v) is 5.97. The van der Waals surface area contributed by atoms with Crippen molar-refractivity contribution in [1.29, 1.82) is 0 Å². The molecule has 17 heavy (non-hydrogen) atoms. The largest absolute Gasteiger partial charge is 0.465 e. The Bertz CT molecular complexity index is 392. The van der Waals surface area contributed by atoms with Crippen molar-refractivity contribution in [1.82, 2.24) is 4.90 Å². The van der Waals surface area contributed by atoms with E-state index in [0.717, 1.165) is 12.8 Å². The summed E-state index contributed by atoms with van der Waals surface area (Å²) >= 11 is 0. The second-order valence-electron chi connectivity index (χ2n) is 4.38. The molecule has 1 fully saturated rings. The topological polar surface area (TPSA) is 40.5 Å². The summed E-state index contributed by atoms with van der Waals surface area (Å²) in [6, 6.07) is 10.2. The van der Waals surface area contributed by atoms with Gasteiger partial charge in [0.15, 0.2) is 0 Å². The zero-order chi connectivity index (χ0) is 12.1. The lowest BCUT2D eigenvalue weighted by Crippen LogP contribution is -2.36. The Hall–Kier alpha value is -1.77. The van der Waals surface area contributed by atoms with Crippen LogP contribution >= 0.6 is 0 Å². The summed E-state index contributed by atoms with van der Waals surface area (Å²) < 4.78 is 0.